The number of rotatable bonds is 5. The minimum absolute atomic E-state index is 0.0841. The van der Waals surface area contributed by atoms with Gasteiger partial charge in [-0.15, -0.1) is 0 Å². The van der Waals surface area contributed by atoms with Gasteiger partial charge in [0.1, 0.15) is 40.8 Å². The fraction of sp³-hybridized carbons (Fsp3) is 0.167. The molecule has 0 radical (unpaired) electrons. The molecular weight excluding hydrogens is 384 g/mol. The highest BCUT2D eigenvalue weighted by Gasteiger charge is 2.24. The van der Waals surface area contributed by atoms with E-state index < -0.39 is 35.7 Å². The van der Waals surface area contributed by atoms with Crippen LogP contribution in [0.1, 0.15) is 6.92 Å². The first kappa shape index (κ1) is 19.0. The quantitative estimate of drug-likeness (QED) is 0.484. The standard InChI is InChI=1S/C18H13ClF4N4/c1-9(8-20)25-18-15(14-11(22)6-10(21)7-12(14)23)16(19)26-17(27-18)13-4-2-3-5-24-13/h2-7,9H,8H2,1H3,(H,25,26,27)/t9-/m1/s1. The highest BCUT2D eigenvalue weighted by atomic mass is 35.5. The molecule has 3 aromatic rings. The first-order valence-corrected chi connectivity index (χ1v) is 8.25. The van der Waals surface area contributed by atoms with Crippen molar-refractivity contribution in [3.05, 3.63) is 59.1 Å². The number of anilines is 1. The second kappa shape index (κ2) is 7.87. The van der Waals surface area contributed by atoms with Crippen LogP contribution in [0.2, 0.25) is 5.15 Å². The molecule has 2 aromatic heterocycles. The van der Waals surface area contributed by atoms with Crippen LogP contribution in [0.5, 0.6) is 0 Å². The fourth-order valence-electron chi connectivity index (χ4n) is 2.42. The van der Waals surface area contributed by atoms with E-state index in [-0.39, 0.29) is 22.4 Å². The van der Waals surface area contributed by atoms with E-state index in [1.54, 1.807) is 18.2 Å². The molecule has 140 valence electrons. The van der Waals surface area contributed by atoms with Gasteiger partial charge in [0.2, 0.25) is 0 Å². The Bertz CT molecular complexity index is 946. The second-order valence-electron chi connectivity index (χ2n) is 5.72. The summed E-state index contributed by atoms with van der Waals surface area (Å²) in [4.78, 5) is 12.4. The average molecular weight is 397 g/mol. The third-order valence-corrected chi connectivity index (χ3v) is 3.90. The molecule has 0 saturated heterocycles. The zero-order valence-electron chi connectivity index (χ0n) is 14.0. The van der Waals surface area contributed by atoms with E-state index in [0.717, 1.165) is 0 Å². The molecule has 0 spiro atoms. The number of halogens is 5. The van der Waals surface area contributed by atoms with Crippen LogP contribution in [-0.4, -0.2) is 27.7 Å². The van der Waals surface area contributed by atoms with Crippen molar-refractivity contribution in [1.82, 2.24) is 15.0 Å². The van der Waals surface area contributed by atoms with Crippen molar-refractivity contribution in [3.63, 3.8) is 0 Å². The number of hydrogen-bond donors (Lipinski definition) is 1. The number of nitrogens with one attached hydrogen (secondary N) is 1. The highest BCUT2D eigenvalue weighted by molar-refractivity contribution is 6.32. The number of pyridine rings is 1. The smallest absolute Gasteiger partial charge is 0.181 e. The van der Waals surface area contributed by atoms with Gasteiger partial charge in [0.25, 0.3) is 0 Å². The van der Waals surface area contributed by atoms with Gasteiger partial charge < -0.3 is 5.32 Å². The van der Waals surface area contributed by atoms with Gasteiger partial charge in [-0.1, -0.05) is 17.7 Å². The predicted molar refractivity (Wildman–Crippen MR) is 94.6 cm³/mol. The van der Waals surface area contributed by atoms with Gasteiger partial charge in [0.15, 0.2) is 5.82 Å². The largest absolute Gasteiger partial charge is 0.364 e. The summed E-state index contributed by atoms with van der Waals surface area (Å²) in [7, 11) is 0. The highest BCUT2D eigenvalue weighted by Crippen LogP contribution is 2.38. The summed E-state index contributed by atoms with van der Waals surface area (Å²) in [6.45, 7) is 0.742. The molecule has 0 fully saturated rings. The van der Waals surface area contributed by atoms with Crippen LogP contribution < -0.4 is 5.32 Å². The van der Waals surface area contributed by atoms with Crippen molar-refractivity contribution in [2.45, 2.75) is 13.0 Å². The van der Waals surface area contributed by atoms with Gasteiger partial charge in [-0.05, 0) is 19.1 Å². The minimum atomic E-state index is -1.18. The number of alkyl halides is 1. The molecule has 0 unspecified atom stereocenters. The molecule has 27 heavy (non-hydrogen) atoms. The molecule has 0 amide bonds. The SMILES string of the molecule is C[C@H](CF)Nc1nc(-c2ccccn2)nc(Cl)c1-c1c(F)cc(F)cc1F. The Hall–Kier alpha value is -2.74. The molecule has 0 saturated carbocycles. The summed E-state index contributed by atoms with van der Waals surface area (Å²) in [5, 5.41) is 2.42. The maximum atomic E-state index is 14.3. The van der Waals surface area contributed by atoms with E-state index in [2.05, 4.69) is 20.3 Å². The van der Waals surface area contributed by atoms with E-state index in [0.29, 0.717) is 17.8 Å². The maximum absolute atomic E-state index is 14.3. The van der Waals surface area contributed by atoms with Gasteiger partial charge in [0.05, 0.1) is 17.2 Å². The van der Waals surface area contributed by atoms with Crippen LogP contribution >= 0.6 is 11.6 Å². The molecule has 0 bridgehead atoms. The van der Waals surface area contributed by atoms with Crippen LogP contribution in [0.3, 0.4) is 0 Å². The van der Waals surface area contributed by atoms with Gasteiger partial charge in [-0.2, -0.15) is 0 Å². The zero-order chi connectivity index (χ0) is 19.6. The zero-order valence-corrected chi connectivity index (χ0v) is 14.7. The topological polar surface area (TPSA) is 50.7 Å². The molecule has 9 heteroatoms. The Kier molecular flexibility index (Phi) is 5.55. The lowest BCUT2D eigenvalue weighted by Crippen LogP contribution is -2.19. The van der Waals surface area contributed by atoms with Gasteiger partial charge in [-0.25, -0.2) is 27.5 Å². The van der Waals surface area contributed by atoms with Crippen LogP contribution in [0.15, 0.2) is 36.5 Å². The number of benzene rings is 1. The molecule has 3 rings (SSSR count). The van der Waals surface area contributed by atoms with Crippen LogP contribution in [-0.2, 0) is 0 Å². The first-order valence-electron chi connectivity index (χ1n) is 7.87. The van der Waals surface area contributed by atoms with Crippen molar-refractivity contribution < 1.29 is 17.6 Å². The lowest BCUT2D eigenvalue weighted by Gasteiger charge is -2.17. The molecule has 1 atom stereocenters. The Morgan fingerprint density at radius 3 is 2.37 bits per heavy atom. The summed E-state index contributed by atoms with van der Waals surface area (Å²) < 4.78 is 54.8. The van der Waals surface area contributed by atoms with E-state index in [1.807, 2.05) is 0 Å². The molecule has 1 N–H and O–H groups in total. The summed E-state index contributed by atoms with van der Waals surface area (Å²) in [6.07, 6.45) is 1.51. The average Bonchev–Trinajstić information content (AvgIpc) is 2.63. The van der Waals surface area contributed by atoms with Gasteiger partial charge in [0, 0.05) is 18.3 Å². The third kappa shape index (κ3) is 4.00. The Balaban J connectivity index is 2.24. The van der Waals surface area contributed by atoms with E-state index in [1.165, 1.54) is 13.1 Å². The van der Waals surface area contributed by atoms with Crippen molar-refractivity contribution in [1.29, 1.82) is 0 Å². The summed E-state index contributed by atoms with van der Waals surface area (Å²) in [5.74, 6) is -3.45. The van der Waals surface area contributed by atoms with Crippen LogP contribution in [0.4, 0.5) is 23.4 Å². The van der Waals surface area contributed by atoms with Crippen LogP contribution in [0, 0.1) is 17.5 Å². The van der Waals surface area contributed by atoms with E-state index in [4.69, 9.17) is 11.6 Å². The van der Waals surface area contributed by atoms with Gasteiger partial charge in [-0.3, -0.25) is 4.98 Å². The number of aromatic nitrogens is 3. The monoisotopic (exact) mass is 396 g/mol. The van der Waals surface area contributed by atoms with Crippen LogP contribution in [0.25, 0.3) is 22.6 Å². The summed E-state index contributed by atoms with van der Waals surface area (Å²) >= 11 is 6.19. The number of hydrogen-bond acceptors (Lipinski definition) is 4. The summed E-state index contributed by atoms with van der Waals surface area (Å²) in [6, 6.07) is 5.31. The molecule has 0 aliphatic rings. The summed E-state index contributed by atoms with van der Waals surface area (Å²) in [5.41, 5.74) is -0.476. The predicted octanol–water partition coefficient (Wildman–Crippen LogP) is 5.05. The first-order chi connectivity index (χ1) is 12.9. The Morgan fingerprint density at radius 1 is 1.07 bits per heavy atom. The molecule has 1 aromatic carbocycles. The molecule has 2 heterocycles. The lowest BCUT2D eigenvalue weighted by molar-refractivity contribution is 0.459. The normalized spacial score (nSPS) is 12.1. The van der Waals surface area contributed by atoms with Crippen molar-refractivity contribution >= 4 is 17.4 Å². The van der Waals surface area contributed by atoms with Crippen molar-refractivity contribution in [3.8, 4) is 22.6 Å². The second-order valence-corrected chi connectivity index (χ2v) is 6.08. The van der Waals surface area contributed by atoms with Gasteiger partial charge >= 0.3 is 0 Å². The number of nitrogens with zero attached hydrogens (tertiary/aromatic N) is 3. The van der Waals surface area contributed by atoms with E-state index in [9.17, 15) is 17.6 Å². The van der Waals surface area contributed by atoms with Crippen molar-refractivity contribution in [2.75, 3.05) is 12.0 Å². The molecule has 4 nitrogen and oxygen atoms in total. The molecular formula is C18H13ClF4N4. The Morgan fingerprint density at radius 2 is 1.78 bits per heavy atom. The fourth-order valence-corrected chi connectivity index (χ4v) is 2.69. The van der Waals surface area contributed by atoms with E-state index >= 15 is 0 Å². The lowest BCUT2D eigenvalue weighted by atomic mass is 10.1. The van der Waals surface area contributed by atoms with Crippen molar-refractivity contribution in [2.24, 2.45) is 0 Å². The molecule has 0 aliphatic carbocycles. The third-order valence-electron chi connectivity index (χ3n) is 3.63. The maximum Gasteiger partial charge on any atom is 0.181 e. The minimum Gasteiger partial charge on any atom is -0.364 e. The molecule has 0 aliphatic heterocycles. The Labute approximate surface area is 157 Å².